The summed E-state index contributed by atoms with van der Waals surface area (Å²) in [7, 11) is 0. The molecule has 0 bridgehead atoms. The van der Waals surface area contributed by atoms with E-state index in [0.717, 1.165) is 37.8 Å². The first-order valence-corrected chi connectivity index (χ1v) is 11.6. The highest BCUT2D eigenvalue weighted by Gasteiger charge is 2.24. The zero-order valence-electron chi connectivity index (χ0n) is 17.4. The summed E-state index contributed by atoms with van der Waals surface area (Å²) in [5.74, 6) is -2.14. The summed E-state index contributed by atoms with van der Waals surface area (Å²) in [6, 6.07) is 7.34. The van der Waals surface area contributed by atoms with Crippen molar-refractivity contribution in [3.8, 4) is 11.1 Å². The van der Waals surface area contributed by atoms with Gasteiger partial charge in [0.1, 0.15) is 40.7 Å². The molecule has 0 amide bonds. The number of hydrogen-bond donors (Lipinski definition) is 2. The van der Waals surface area contributed by atoms with Gasteiger partial charge in [-0.1, -0.05) is 18.9 Å². The molecule has 2 heterocycles. The summed E-state index contributed by atoms with van der Waals surface area (Å²) in [4.78, 5) is 8.26. The fourth-order valence-corrected chi connectivity index (χ4v) is 5.24. The molecule has 0 radical (unpaired) electrons. The van der Waals surface area contributed by atoms with Gasteiger partial charge >= 0.3 is 0 Å². The van der Waals surface area contributed by atoms with Crippen molar-refractivity contribution < 1.29 is 17.7 Å². The molecule has 3 N–H and O–H groups in total. The van der Waals surface area contributed by atoms with Crippen LogP contribution in [0, 0.1) is 17.5 Å². The third-order valence-corrected chi connectivity index (χ3v) is 7.07. The van der Waals surface area contributed by atoms with E-state index in [1.165, 1.54) is 18.5 Å². The molecule has 0 aliphatic heterocycles. The predicted molar refractivity (Wildman–Crippen MR) is 121 cm³/mol. The number of halogens is 3. The van der Waals surface area contributed by atoms with Gasteiger partial charge in [0, 0.05) is 29.9 Å². The normalized spacial score (nSPS) is 15.3. The molecule has 5 rings (SSSR count). The third-order valence-electron chi connectivity index (χ3n) is 5.93. The Morgan fingerprint density at radius 3 is 2.55 bits per heavy atom. The van der Waals surface area contributed by atoms with Crippen molar-refractivity contribution in [2.24, 2.45) is 0 Å². The first kappa shape index (κ1) is 21.6. The summed E-state index contributed by atoms with van der Waals surface area (Å²) >= 11 is -2.11. The van der Waals surface area contributed by atoms with E-state index in [0.29, 0.717) is 40.1 Å². The fourth-order valence-electron chi connectivity index (χ4n) is 4.33. The maximum absolute atomic E-state index is 15.0. The minimum atomic E-state index is -2.11. The second-order valence-corrected chi connectivity index (χ2v) is 9.17. The molecule has 6 nitrogen and oxygen atoms in total. The van der Waals surface area contributed by atoms with E-state index < -0.39 is 28.8 Å². The van der Waals surface area contributed by atoms with Crippen molar-refractivity contribution in [1.82, 2.24) is 14.5 Å². The van der Waals surface area contributed by atoms with Crippen LogP contribution in [0.2, 0.25) is 0 Å². The largest absolute Gasteiger partial charge is 0.588 e. The number of hydrogen-bond acceptors (Lipinski definition) is 5. The highest BCUT2D eigenvalue weighted by molar-refractivity contribution is 7.92. The number of fused-ring (bicyclic) bond motifs is 1. The topological polar surface area (TPSA) is 91.8 Å². The molecule has 1 fully saturated rings. The fraction of sp³-hybridized carbons (Fsp3) is 0.217. The van der Waals surface area contributed by atoms with Crippen LogP contribution in [0.5, 0.6) is 0 Å². The van der Waals surface area contributed by atoms with Crippen molar-refractivity contribution in [1.29, 1.82) is 0 Å². The van der Waals surface area contributed by atoms with Crippen molar-refractivity contribution in [2.45, 2.75) is 36.6 Å². The Hall–Kier alpha value is -3.24. The quantitative estimate of drug-likeness (QED) is 0.383. The average molecular weight is 472 g/mol. The molecule has 1 atom stereocenters. The van der Waals surface area contributed by atoms with E-state index in [1.807, 2.05) is 6.20 Å². The second kappa shape index (κ2) is 8.60. The molecule has 1 aliphatic rings. The minimum Gasteiger partial charge on any atom is -0.588 e. The molecular weight excluding hydrogens is 451 g/mol. The minimum absolute atomic E-state index is 0.0791. The Balaban J connectivity index is 1.49. The summed E-state index contributed by atoms with van der Waals surface area (Å²) < 4.78 is 59.0. The Kier molecular flexibility index (Phi) is 5.63. The number of nitrogens with two attached hydrogens (primary N) is 1. The number of rotatable bonds is 5. The van der Waals surface area contributed by atoms with Gasteiger partial charge in [-0.05, 0) is 36.6 Å². The first-order valence-electron chi connectivity index (χ1n) is 10.5. The summed E-state index contributed by atoms with van der Waals surface area (Å²) in [6.07, 6.45) is 7.71. The number of nitrogen functional groups attached to an aromatic ring is 1. The first-order chi connectivity index (χ1) is 15.9. The second-order valence-electron chi connectivity index (χ2n) is 7.99. The SMILES string of the molecule is Nc1ncnc2c1c(-c1ccc(N[S+]([O-])c3ccc(F)cc3F)c(F)c1)cn2C1CCCC1. The maximum atomic E-state index is 15.0. The van der Waals surface area contributed by atoms with Gasteiger partial charge in [-0.3, -0.25) is 0 Å². The Morgan fingerprint density at radius 2 is 1.82 bits per heavy atom. The molecule has 1 aliphatic carbocycles. The van der Waals surface area contributed by atoms with Crippen molar-refractivity contribution in [3.05, 3.63) is 66.4 Å². The Morgan fingerprint density at radius 1 is 1.03 bits per heavy atom. The van der Waals surface area contributed by atoms with Crippen LogP contribution in [0.1, 0.15) is 31.7 Å². The van der Waals surface area contributed by atoms with Gasteiger partial charge in [-0.25, -0.2) is 27.9 Å². The molecule has 1 saturated carbocycles. The smallest absolute Gasteiger partial charge is 0.215 e. The number of anilines is 2. The zero-order chi connectivity index (χ0) is 23.1. The van der Waals surface area contributed by atoms with Crippen molar-refractivity contribution >= 4 is 33.9 Å². The lowest BCUT2D eigenvalue weighted by Crippen LogP contribution is -2.15. The standard InChI is InChI=1S/C23H20F3N5OS/c24-14-6-8-20(18(26)10-14)33(32)30-19-7-5-13(9-17(19)25)16-11-31(15-3-1-2-4-15)23-21(16)22(27)28-12-29-23/h5-12,15,30H,1-4H2,(H2,27,28,29). The lowest BCUT2D eigenvalue weighted by atomic mass is 10.1. The maximum Gasteiger partial charge on any atom is 0.215 e. The van der Waals surface area contributed by atoms with Crippen LogP contribution in [0.25, 0.3) is 22.2 Å². The highest BCUT2D eigenvalue weighted by atomic mass is 32.2. The lowest BCUT2D eigenvalue weighted by Gasteiger charge is -2.13. The van der Waals surface area contributed by atoms with Gasteiger partial charge in [-0.2, -0.15) is 0 Å². The van der Waals surface area contributed by atoms with Gasteiger partial charge in [0.15, 0.2) is 11.6 Å². The van der Waals surface area contributed by atoms with Crippen LogP contribution < -0.4 is 10.5 Å². The van der Waals surface area contributed by atoms with Crippen LogP contribution in [-0.4, -0.2) is 19.1 Å². The number of nitrogens with zero attached hydrogens (tertiary/aromatic N) is 3. The summed E-state index contributed by atoms with van der Waals surface area (Å²) in [5.41, 5.74) is 8.04. The summed E-state index contributed by atoms with van der Waals surface area (Å²) in [5, 5.41) is 0.654. The zero-order valence-corrected chi connectivity index (χ0v) is 18.2. The van der Waals surface area contributed by atoms with E-state index in [2.05, 4.69) is 19.3 Å². The number of nitrogens with one attached hydrogen (secondary N) is 1. The van der Waals surface area contributed by atoms with E-state index in [4.69, 9.17) is 5.73 Å². The van der Waals surface area contributed by atoms with Crippen LogP contribution in [0.15, 0.2) is 53.8 Å². The molecule has 10 heteroatoms. The Labute approximate surface area is 191 Å². The predicted octanol–water partition coefficient (Wildman–Crippen LogP) is 5.35. The van der Waals surface area contributed by atoms with Crippen molar-refractivity contribution in [3.63, 3.8) is 0 Å². The van der Waals surface area contributed by atoms with Crippen LogP contribution in [0.3, 0.4) is 0 Å². The van der Waals surface area contributed by atoms with Crippen LogP contribution in [0.4, 0.5) is 24.7 Å². The molecule has 2 aromatic heterocycles. The summed E-state index contributed by atoms with van der Waals surface area (Å²) in [6.45, 7) is 0. The molecule has 33 heavy (non-hydrogen) atoms. The van der Waals surface area contributed by atoms with Crippen LogP contribution >= 0.6 is 0 Å². The lowest BCUT2D eigenvalue weighted by molar-refractivity contribution is 0.532. The molecule has 0 spiro atoms. The van der Waals surface area contributed by atoms with Crippen molar-refractivity contribution in [2.75, 3.05) is 10.5 Å². The molecular formula is C23H20F3N5OS. The van der Waals surface area contributed by atoms with E-state index in [1.54, 1.807) is 6.07 Å². The van der Waals surface area contributed by atoms with Gasteiger partial charge in [0.25, 0.3) is 0 Å². The van der Waals surface area contributed by atoms with Crippen LogP contribution in [-0.2, 0) is 11.4 Å². The van der Waals surface area contributed by atoms with Gasteiger partial charge in [-0.15, -0.1) is 0 Å². The monoisotopic (exact) mass is 471 g/mol. The van der Waals surface area contributed by atoms with E-state index in [-0.39, 0.29) is 10.6 Å². The van der Waals surface area contributed by atoms with E-state index in [9.17, 15) is 17.7 Å². The molecule has 4 aromatic rings. The van der Waals surface area contributed by atoms with Gasteiger partial charge < -0.3 is 14.9 Å². The molecule has 170 valence electrons. The number of benzene rings is 2. The highest BCUT2D eigenvalue weighted by Crippen LogP contribution is 2.39. The number of aromatic nitrogens is 3. The molecule has 2 aromatic carbocycles. The third kappa shape index (κ3) is 4.00. The average Bonchev–Trinajstić information content (AvgIpc) is 3.43. The van der Waals surface area contributed by atoms with E-state index >= 15 is 0 Å². The Bertz CT molecular complexity index is 1340. The van der Waals surface area contributed by atoms with Gasteiger partial charge in [0.05, 0.1) is 5.39 Å². The van der Waals surface area contributed by atoms with Gasteiger partial charge in [0.2, 0.25) is 4.90 Å². The molecule has 0 saturated heterocycles. The molecule has 1 unspecified atom stereocenters.